The van der Waals surface area contributed by atoms with E-state index in [1.807, 2.05) is 20.8 Å². The molecule has 0 aromatic carbocycles. The Bertz CT molecular complexity index is 391. The van der Waals surface area contributed by atoms with Crippen LogP contribution >= 0.6 is 0 Å². The molecule has 6 nitrogen and oxygen atoms in total. The molecule has 0 fully saturated rings. The van der Waals surface area contributed by atoms with E-state index in [0.29, 0.717) is 18.3 Å². The molecule has 1 aromatic rings. The maximum absolute atomic E-state index is 11.5. The highest BCUT2D eigenvalue weighted by Crippen LogP contribution is 2.09. The fraction of sp³-hybridized carbons (Fsp3) is 0.545. The molecule has 0 saturated carbocycles. The third kappa shape index (κ3) is 4.67. The van der Waals surface area contributed by atoms with Crippen LogP contribution in [-0.4, -0.2) is 29.0 Å². The van der Waals surface area contributed by atoms with Crippen molar-refractivity contribution in [2.45, 2.75) is 20.8 Å². The molecule has 1 aromatic heterocycles. The van der Waals surface area contributed by atoms with Crippen molar-refractivity contribution in [2.24, 2.45) is 5.92 Å². The van der Waals surface area contributed by atoms with Crippen molar-refractivity contribution in [3.63, 3.8) is 0 Å². The molecule has 1 rings (SSSR count). The van der Waals surface area contributed by atoms with Crippen molar-refractivity contribution in [3.05, 3.63) is 11.8 Å². The van der Waals surface area contributed by atoms with Gasteiger partial charge in [-0.1, -0.05) is 13.8 Å². The van der Waals surface area contributed by atoms with Crippen LogP contribution in [0.4, 0.5) is 11.8 Å². The maximum atomic E-state index is 11.5. The minimum Gasteiger partial charge on any atom is -0.368 e. The van der Waals surface area contributed by atoms with Crippen LogP contribution in [0.2, 0.25) is 0 Å². The molecule has 0 saturated heterocycles. The van der Waals surface area contributed by atoms with Crippen molar-refractivity contribution >= 4 is 17.7 Å². The number of carbonyl (C=O) groups excluding carboxylic acids is 1. The fourth-order valence-corrected chi connectivity index (χ4v) is 1.18. The van der Waals surface area contributed by atoms with Crippen molar-refractivity contribution < 1.29 is 4.79 Å². The first-order chi connectivity index (χ1) is 7.99. The minimum atomic E-state index is -0.0599. The zero-order valence-corrected chi connectivity index (χ0v) is 10.4. The Hall–Kier alpha value is -1.85. The van der Waals surface area contributed by atoms with Gasteiger partial charge in [0.1, 0.15) is 5.82 Å². The molecule has 0 unspecified atom stereocenters. The molecule has 17 heavy (non-hydrogen) atoms. The summed E-state index contributed by atoms with van der Waals surface area (Å²) in [5.41, 5.74) is 6.33. The SMILES string of the molecule is Cc1cnc(N)nc1NCC(=O)NCC(C)C. The van der Waals surface area contributed by atoms with Gasteiger partial charge in [0, 0.05) is 18.3 Å². The standard InChI is InChI=1S/C11H19N5O/c1-7(2)4-13-9(17)6-14-10-8(3)5-15-11(12)16-10/h5,7H,4,6H2,1-3H3,(H,13,17)(H3,12,14,15,16). The molecule has 0 aliphatic rings. The van der Waals surface area contributed by atoms with Crippen LogP contribution < -0.4 is 16.4 Å². The van der Waals surface area contributed by atoms with E-state index in [-0.39, 0.29) is 18.4 Å². The number of aryl methyl sites for hydroxylation is 1. The lowest BCUT2D eigenvalue weighted by Crippen LogP contribution is -2.32. The third-order valence-electron chi connectivity index (χ3n) is 2.11. The molecule has 0 aliphatic carbocycles. The summed E-state index contributed by atoms with van der Waals surface area (Å²) in [6.45, 7) is 6.80. The van der Waals surface area contributed by atoms with Gasteiger partial charge in [-0.25, -0.2) is 4.98 Å². The van der Waals surface area contributed by atoms with E-state index < -0.39 is 0 Å². The number of aromatic nitrogens is 2. The van der Waals surface area contributed by atoms with Crippen LogP contribution in [0.25, 0.3) is 0 Å². The van der Waals surface area contributed by atoms with Crippen molar-refractivity contribution in [2.75, 3.05) is 24.1 Å². The summed E-state index contributed by atoms with van der Waals surface area (Å²) in [7, 11) is 0. The molecule has 1 heterocycles. The second-order valence-corrected chi connectivity index (χ2v) is 4.31. The zero-order chi connectivity index (χ0) is 12.8. The summed E-state index contributed by atoms with van der Waals surface area (Å²) < 4.78 is 0. The van der Waals surface area contributed by atoms with Crippen LogP contribution in [0, 0.1) is 12.8 Å². The molecule has 6 heteroatoms. The van der Waals surface area contributed by atoms with Gasteiger partial charge in [0.25, 0.3) is 0 Å². The number of nitrogens with two attached hydrogens (primary N) is 1. The largest absolute Gasteiger partial charge is 0.368 e. The molecular weight excluding hydrogens is 218 g/mol. The molecule has 0 aliphatic heterocycles. The van der Waals surface area contributed by atoms with E-state index in [9.17, 15) is 4.79 Å². The normalized spacial score (nSPS) is 10.4. The maximum Gasteiger partial charge on any atom is 0.239 e. The predicted octanol–water partition coefficient (Wildman–Crippen LogP) is 0.551. The van der Waals surface area contributed by atoms with Gasteiger partial charge >= 0.3 is 0 Å². The first-order valence-corrected chi connectivity index (χ1v) is 5.58. The summed E-state index contributed by atoms with van der Waals surface area (Å²) in [6, 6.07) is 0. The Morgan fingerprint density at radius 1 is 1.53 bits per heavy atom. The van der Waals surface area contributed by atoms with E-state index in [4.69, 9.17) is 5.73 Å². The van der Waals surface area contributed by atoms with Crippen LogP contribution in [-0.2, 0) is 4.79 Å². The number of rotatable bonds is 5. The van der Waals surface area contributed by atoms with Gasteiger partial charge in [-0.2, -0.15) is 4.98 Å². The molecule has 1 amide bonds. The van der Waals surface area contributed by atoms with Gasteiger partial charge in [-0.05, 0) is 12.8 Å². The topological polar surface area (TPSA) is 92.9 Å². The molecule has 0 atom stereocenters. The highest BCUT2D eigenvalue weighted by Gasteiger charge is 2.05. The first-order valence-electron chi connectivity index (χ1n) is 5.58. The monoisotopic (exact) mass is 237 g/mol. The van der Waals surface area contributed by atoms with Crippen LogP contribution in [0.1, 0.15) is 19.4 Å². The van der Waals surface area contributed by atoms with Gasteiger partial charge in [-0.15, -0.1) is 0 Å². The number of amides is 1. The molecule has 0 spiro atoms. The van der Waals surface area contributed by atoms with E-state index in [1.165, 1.54) is 0 Å². The Morgan fingerprint density at radius 2 is 2.24 bits per heavy atom. The quantitative estimate of drug-likeness (QED) is 0.695. The lowest BCUT2D eigenvalue weighted by molar-refractivity contribution is -0.119. The number of hydrogen-bond donors (Lipinski definition) is 3. The molecular formula is C11H19N5O. The number of hydrogen-bond acceptors (Lipinski definition) is 5. The van der Waals surface area contributed by atoms with Crippen molar-refractivity contribution in [1.29, 1.82) is 0 Å². The van der Waals surface area contributed by atoms with E-state index in [0.717, 1.165) is 5.56 Å². The highest BCUT2D eigenvalue weighted by molar-refractivity contribution is 5.80. The van der Waals surface area contributed by atoms with E-state index in [2.05, 4.69) is 20.6 Å². The van der Waals surface area contributed by atoms with Crippen molar-refractivity contribution in [3.8, 4) is 0 Å². The Balaban J connectivity index is 2.44. The molecule has 0 bridgehead atoms. The van der Waals surface area contributed by atoms with Gasteiger partial charge in [0.15, 0.2) is 0 Å². The second kappa shape index (κ2) is 6.03. The summed E-state index contributed by atoms with van der Waals surface area (Å²) in [4.78, 5) is 19.3. The van der Waals surface area contributed by atoms with Crippen LogP contribution in [0.15, 0.2) is 6.20 Å². The number of nitrogens with zero attached hydrogens (tertiary/aromatic N) is 2. The van der Waals surface area contributed by atoms with Crippen molar-refractivity contribution in [1.82, 2.24) is 15.3 Å². The third-order valence-corrected chi connectivity index (χ3v) is 2.11. The first kappa shape index (κ1) is 13.2. The average molecular weight is 237 g/mol. The fourth-order valence-electron chi connectivity index (χ4n) is 1.18. The smallest absolute Gasteiger partial charge is 0.239 e. The summed E-state index contributed by atoms with van der Waals surface area (Å²) in [5.74, 6) is 1.17. The van der Waals surface area contributed by atoms with Gasteiger partial charge in [0.05, 0.1) is 6.54 Å². The Labute approximate surface area is 101 Å². The molecule has 94 valence electrons. The second-order valence-electron chi connectivity index (χ2n) is 4.31. The van der Waals surface area contributed by atoms with Crippen LogP contribution in [0.3, 0.4) is 0 Å². The zero-order valence-electron chi connectivity index (χ0n) is 10.4. The van der Waals surface area contributed by atoms with Gasteiger partial charge in [0.2, 0.25) is 11.9 Å². The van der Waals surface area contributed by atoms with Gasteiger partial charge in [-0.3, -0.25) is 4.79 Å². The summed E-state index contributed by atoms with van der Waals surface area (Å²) >= 11 is 0. The Morgan fingerprint density at radius 3 is 2.88 bits per heavy atom. The highest BCUT2D eigenvalue weighted by atomic mass is 16.1. The molecule has 0 radical (unpaired) electrons. The lowest BCUT2D eigenvalue weighted by atomic mass is 10.2. The van der Waals surface area contributed by atoms with E-state index in [1.54, 1.807) is 6.20 Å². The van der Waals surface area contributed by atoms with Gasteiger partial charge < -0.3 is 16.4 Å². The summed E-state index contributed by atoms with van der Waals surface area (Å²) in [6.07, 6.45) is 1.62. The average Bonchev–Trinajstić information content (AvgIpc) is 2.27. The number of anilines is 2. The Kier molecular flexibility index (Phi) is 4.68. The number of nitrogen functional groups attached to an aromatic ring is 1. The number of carbonyl (C=O) groups is 1. The predicted molar refractivity (Wildman–Crippen MR) is 67.5 cm³/mol. The molecule has 4 N–H and O–H groups in total. The lowest BCUT2D eigenvalue weighted by Gasteiger charge is -2.10. The van der Waals surface area contributed by atoms with Crippen LogP contribution in [0.5, 0.6) is 0 Å². The minimum absolute atomic E-state index is 0.0599. The number of nitrogens with one attached hydrogen (secondary N) is 2. The van der Waals surface area contributed by atoms with E-state index >= 15 is 0 Å². The summed E-state index contributed by atoms with van der Waals surface area (Å²) in [5, 5.41) is 5.74.